The monoisotopic (exact) mass is 690 g/mol. The fraction of sp³-hybridized carbons (Fsp3) is 0.921. The summed E-state index contributed by atoms with van der Waals surface area (Å²) in [5.74, 6) is -0.330. The zero-order valence-electron chi connectivity index (χ0n) is 30.8. The number of allylic oxidation sites excluding steroid dienone is 2. The van der Waals surface area contributed by atoms with Crippen molar-refractivity contribution in [3.8, 4) is 0 Å². The maximum Gasteiger partial charge on any atom is 0.472 e. The number of rotatable bonds is 38. The average molecular weight is 690 g/mol. The Morgan fingerprint density at radius 2 is 1.09 bits per heavy atom. The molecule has 0 aromatic carbocycles. The second-order valence-corrected chi connectivity index (χ2v) is 14.6. The van der Waals surface area contributed by atoms with Crippen molar-refractivity contribution in [3.63, 3.8) is 0 Å². The summed E-state index contributed by atoms with van der Waals surface area (Å²) in [6.07, 6.45) is 36.5. The van der Waals surface area contributed by atoms with Crippen molar-refractivity contribution < 1.29 is 32.8 Å². The van der Waals surface area contributed by atoms with Crippen molar-refractivity contribution in [1.82, 2.24) is 0 Å². The van der Waals surface area contributed by atoms with Crippen LogP contribution >= 0.6 is 7.82 Å². The van der Waals surface area contributed by atoms with E-state index in [2.05, 4.69) is 26.0 Å². The van der Waals surface area contributed by atoms with Gasteiger partial charge in [-0.25, -0.2) is 4.57 Å². The van der Waals surface area contributed by atoms with E-state index in [0.29, 0.717) is 13.0 Å². The Morgan fingerprint density at radius 3 is 1.62 bits per heavy atom. The lowest BCUT2D eigenvalue weighted by Crippen LogP contribution is -2.28. The first-order valence-electron chi connectivity index (χ1n) is 19.7. The molecule has 0 aromatic heterocycles. The summed E-state index contributed by atoms with van der Waals surface area (Å²) >= 11 is 0. The molecular formula is C38H76NO7P. The van der Waals surface area contributed by atoms with Crippen molar-refractivity contribution in [3.05, 3.63) is 12.2 Å². The Labute approximate surface area is 290 Å². The summed E-state index contributed by atoms with van der Waals surface area (Å²) in [5.41, 5.74) is 5.35. The lowest BCUT2D eigenvalue weighted by Gasteiger charge is -2.20. The van der Waals surface area contributed by atoms with Crippen LogP contribution in [-0.2, 0) is 27.9 Å². The molecule has 0 saturated heterocycles. The topological polar surface area (TPSA) is 117 Å². The standard InChI is InChI=1S/C38H76NO7P/c1-3-5-7-9-11-13-15-17-18-19-20-21-23-25-27-29-31-38(40)46-37(36-45-47(41,42)44-34-32-39)35-43-33-30-28-26-24-22-16-14-12-10-8-6-4-2/h10,12,37H,3-9,11,13-36,39H2,1-2H3,(H,41,42)/b12-10-. The molecule has 0 fully saturated rings. The van der Waals surface area contributed by atoms with Crippen LogP contribution in [0.5, 0.6) is 0 Å². The van der Waals surface area contributed by atoms with Crippen LogP contribution in [0.1, 0.15) is 187 Å². The first-order valence-corrected chi connectivity index (χ1v) is 21.2. The maximum atomic E-state index is 12.5. The molecule has 0 bridgehead atoms. The molecule has 0 aliphatic heterocycles. The molecule has 0 rings (SSSR count). The molecular weight excluding hydrogens is 613 g/mol. The fourth-order valence-electron chi connectivity index (χ4n) is 5.51. The van der Waals surface area contributed by atoms with Crippen molar-refractivity contribution in [1.29, 1.82) is 0 Å². The molecule has 9 heteroatoms. The molecule has 0 aliphatic carbocycles. The molecule has 3 N–H and O–H groups in total. The SMILES string of the molecule is CCCC/C=C\CCCCCCCCOCC(COP(=O)(O)OCCN)OC(=O)CCCCCCCCCCCCCCCCCC. The minimum Gasteiger partial charge on any atom is -0.457 e. The number of nitrogens with two attached hydrogens (primary N) is 1. The van der Waals surface area contributed by atoms with E-state index in [1.54, 1.807) is 0 Å². The van der Waals surface area contributed by atoms with Gasteiger partial charge in [0.2, 0.25) is 0 Å². The number of phosphoric ester groups is 1. The van der Waals surface area contributed by atoms with Crippen LogP contribution in [0, 0.1) is 0 Å². The van der Waals surface area contributed by atoms with Crippen LogP contribution in [0.2, 0.25) is 0 Å². The van der Waals surface area contributed by atoms with Gasteiger partial charge in [0.15, 0.2) is 0 Å². The third-order valence-corrected chi connectivity index (χ3v) is 9.42. The molecule has 2 unspecified atom stereocenters. The van der Waals surface area contributed by atoms with Crippen molar-refractivity contribution in [2.24, 2.45) is 5.73 Å². The molecule has 8 nitrogen and oxygen atoms in total. The van der Waals surface area contributed by atoms with E-state index in [4.69, 9.17) is 24.3 Å². The highest BCUT2D eigenvalue weighted by Gasteiger charge is 2.25. The van der Waals surface area contributed by atoms with Crippen LogP contribution in [0.3, 0.4) is 0 Å². The third kappa shape index (κ3) is 36.3. The summed E-state index contributed by atoms with van der Waals surface area (Å²) in [5, 5.41) is 0. The Balaban J connectivity index is 4.04. The van der Waals surface area contributed by atoms with E-state index in [9.17, 15) is 14.3 Å². The molecule has 47 heavy (non-hydrogen) atoms. The van der Waals surface area contributed by atoms with Gasteiger partial charge in [-0.3, -0.25) is 13.8 Å². The normalized spacial score (nSPS) is 13.7. The first kappa shape index (κ1) is 46.2. The molecule has 0 radical (unpaired) electrons. The lowest BCUT2D eigenvalue weighted by molar-refractivity contribution is -0.154. The van der Waals surface area contributed by atoms with Crippen LogP contribution in [0.25, 0.3) is 0 Å². The number of hydrogen-bond acceptors (Lipinski definition) is 7. The number of carbonyl (C=O) groups excluding carboxylic acids is 1. The van der Waals surface area contributed by atoms with Gasteiger partial charge in [0.1, 0.15) is 6.10 Å². The number of esters is 1. The number of hydrogen-bond donors (Lipinski definition) is 2. The predicted octanol–water partition coefficient (Wildman–Crippen LogP) is 11.1. The van der Waals surface area contributed by atoms with Crippen LogP contribution in [-0.4, -0.2) is 49.9 Å². The molecule has 0 aromatic rings. The summed E-state index contributed by atoms with van der Waals surface area (Å²) in [7, 11) is -4.27. The van der Waals surface area contributed by atoms with E-state index in [0.717, 1.165) is 32.1 Å². The summed E-state index contributed by atoms with van der Waals surface area (Å²) in [6.45, 7) is 4.90. The molecule has 0 saturated carbocycles. The number of unbranched alkanes of at least 4 members (excludes halogenated alkanes) is 23. The minimum absolute atomic E-state index is 0.0936. The number of carbonyl (C=O) groups is 1. The van der Waals surface area contributed by atoms with E-state index >= 15 is 0 Å². The quantitative estimate of drug-likeness (QED) is 0.0285. The molecule has 0 aliphatic rings. The highest BCUT2D eigenvalue weighted by molar-refractivity contribution is 7.47. The van der Waals surface area contributed by atoms with Gasteiger partial charge in [-0.05, 0) is 32.1 Å². The molecule has 0 spiro atoms. The van der Waals surface area contributed by atoms with Gasteiger partial charge < -0.3 is 20.1 Å². The predicted molar refractivity (Wildman–Crippen MR) is 197 cm³/mol. The zero-order chi connectivity index (χ0) is 34.5. The van der Waals surface area contributed by atoms with Crippen LogP contribution in [0.15, 0.2) is 12.2 Å². The fourth-order valence-corrected chi connectivity index (χ4v) is 6.27. The first-order chi connectivity index (χ1) is 22.9. The third-order valence-electron chi connectivity index (χ3n) is 8.43. The zero-order valence-corrected chi connectivity index (χ0v) is 31.7. The van der Waals surface area contributed by atoms with Gasteiger partial charge in [-0.1, -0.05) is 161 Å². The van der Waals surface area contributed by atoms with Crippen molar-refractivity contribution in [2.45, 2.75) is 193 Å². The lowest BCUT2D eigenvalue weighted by atomic mass is 10.0. The summed E-state index contributed by atoms with van der Waals surface area (Å²) in [4.78, 5) is 22.4. The van der Waals surface area contributed by atoms with Gasteiger partial charge in [-0.2, -0.15) is 0 Å². The van der Waals surface area contributed by atoms with E-state index in [1.807, 2.05) is 0 Å². The summed E-state index contributed by atoms with van der Waals surface area (Å²) < 4.78 is 33.3. The Kier molecular flexibility index (Phi) is 35.9. The molecule has 0 amide bonds. The van der Waals surface area contributed by atoms with Crippen LogP contribution in [0.4, 0.5) is 0 Å². The Morgan fingerprint density at radius 1 is 0.617 bits per heavy atom. The van der Waals surface area contributed by atoms with Gasteiger partial charge in [0.25, 0.3) is 0 Å². The highest BCUT2D eigenvalue weighted by Crippen LogP contribution is 2.43. The molecule has 2 atom stereocenters. The second kappa shape index (κ2) is 36.5. The maximum absolute atomic E-state index is 12.5. The second-order valence-electron chi connectivity index (χ2n) is 13.1. The minimum atomic E-state index is -4.27. The largest absolute Gasteiger partial charge is 0.472 e. The summed E-state index contributed by atoms with van der Waals surface area (Å²) in [6, 6.07) is 0. The van der Waals surface area contributed by atoms with Gasteiger partial charge in [0.05, 0.1) is 19.8 Å². The van der Waals surface area contributed by atoms with Gasteiger partial charge >= 0.3 is 13.8 Å². The van der Waals surface area contributed by atoms with E-state index in [-0.39, 0.29) is 32.3 Å². The number of phosphoric acid groups is 1. The van der Waals surface area contributed by atoms with Gasteiger partial charge in [-0.15, -0.1) is 0 Å². The highest BCUT2D eigenvalue weighted by atomic mass is 31.2. The van der Waals surface area contributed by atoms with Gasteiger partial charge in [0, 0.05) is 19.6 Å². The Hall–Kier alpha value is -0.760. The Bertz CT molecular complexity index is 737. The number of ether oxygens (including phenoxy) is 2. The van der Waals surface area contributed by atoms with E-state index < -0.39 is 13.9 Å². The molecule has 280 valence electrons. The van der Waals surface area contributed by atoms with E-state index in [1.165, 1.54) is 135 Å². The molecule has 0 heterocycles. The smallest absolute Gasteiger partial charge is 0.457 e. The van der Waals surface area contributed by atoms with Crippen LogP contribution < -0.4 is 5.73 Å². The average Bonchev–Trinajstić information content (AvgIpc) is 3.06. The van der Waals surface area contributed by atoms with Crippen molar-refractivity contribution >= 4 is 13.8 Å². The van der Waals surface area contributed by atoms with Crippen molar-refractivity contribution in [2.75, 3.05) is 33.0 Å².